The van der Waals surface area contributed by atoms with Crippen molar-refractivity contribution in [3.05, 3.63) is 62.5 Å². The minimum absolute atomic E-state index is 0.0320. The predicted molar refractivity (Wildman–Crippen MR) is 93.7 cm³/mol. The Morgan fingerprint density at radius 3 is 2.60 bits per heavy atom. The van der Waals surface area contributed by atoms with Gasteiger partial charge in [0.05, 0.1) is 6.61 Å². The van der Waals surface area contributed by atoms with Gasteiger partial charge in [-0.05, 0) is 43.2 Å². The van der Waals surface area contributed by atoms with E-state index in [-0.39, 0.29) is 24.5 Å². The molecule has 0 bridgehead atoms. The van der Waals surface area contributed by atoms with Crippen LogP contribution in [0.1, 0.15) is 39.3 Å². The number of ketones is 1. The Morgan fingerprint density at radius 1 is 1.20 bits per heavy atom. The molecule has 1 aromatic carbocycles. The van der Waals surface area contributed by atoms with Gasteiger partial charge < -0.3 is 10.4 Å². The van der Waals surface area contributed by atoms with E-state index >= 15 is 0 Å². The maximum absolute atomic E-state index is 12.9. The quantitative estimate of drug-likeness (QED) is 0.869. The normalized spacial score (nSPS) is 13.4. The van der Waals surface area contributed by atoms with Crippen LogP contribution in [-0.2, 0) is 6.42 Å². The van der Waals surface area contributed by atoms with Crippen molar-refractivity contribution in [3.8, 4) is 5.69 Å². The third-order valence-corrected chi connectivity index (χ3v) is 4.40. The molecular formula is C18H17ClN2O4. The number of carbonyl (C=O) groups is 2. The number of hydrogen-bond acceptors (Lipinski definition) is 4. The Labute approximate surface area is 149 Å². The van der Waals surface area contributed by atoms with E-state index in [9.17, 15) is 14.4 Å². The molecule has 130 valence electrons. The highest BCUT2D eigenvalue weighted by Gasteiger charge is 2.26. The highest BCUT2D eigenvalue weighted by Crippen LogP contribution is 2.24. The maximum Gasteiger partial charge on any atom is 0.268 e. The van der Waals surface area contributed by atoms with Gasteiger partial charge >= 0.3 is 0 Å². The van der Waals surface area contributed by atoms with E-state index in [0.29, 0.717) is 41.2 Å². The van der Waals surface area contributed by atoms with E-state index in [2.05, 4.69) is 5.32 Å². The monoisotopic (exact) mass is 360 g/mol. The van der Waals surface area contributed by atoms with Gasteiger partial charge in [0.1, 0.15) is 5.56 Å². The average Bonchev–Trinajstić information content (AvgIpc) is 2.60. The van der Waals surface area contributed by atoms with Gasteiger partial charge in [0.2, 0.25) is 0 Å². The summed E-state index contributed by atoms with van der Waals surface area (Å²) in [6.45, 7) is -0.203. The Balaban J connectivity index is 2.23. The standard InChI is InChI=1S/C18H17ClN2O4/c19-11-4-6-12(7-5-11)21-15-2-1-3-16(23)13(15)10-14(18(21)25)17(24)20-8-9-22/h4-7,10,22H,1-3,8-9H2,(H,20,24). The molecule has 1 aliphatic rings. The Hall–Kier alpha value is -2.44. The summed E-state index contributed by atoms with van der Waals surface area (Å²) in [4.78, 5) is 37.5. The van der Waals surface area contributed by atoms with E-state index in [1.807, 2.05) is 0 Å². The largest absolute Gasteiger partial charge is 0.395 e. The molecular weight excluding hydrogens is 344 g/mol. The Morgan fingerprint density at radius 2 is 1.92 bits per heavy atom. The van der Waals surface area contributed by atoms with Crippen LogP contribution in [0.2, 0.25) is 5.02 Å². The number of aliphatic hydroxyl groups is 1. The number of pyridine rings is 1. The number of rotatable bonds is 4. The van der Waals surface area contributed by atoms with Gasteiger partial charge in [-0.3, -0.25) is 19.0 Å². The van der Waals surface area contributed by atoms with Gasteiger partial charge in [-0.25, -0.2) is 0 Å². The summed E-state index contributed by atoms with van der Waals surface area (Å²) in [6, 6.07) is 8.03. The second kappa shape index (κ2) is 7.21. The van der Waals surface area contributed by atoms with E-state index in [0.717, 1.165) is 0 Å². The number of carbonyl (C=O) groups excluding carboxylic acids is 2. The average molecular weight is 361 g/mol. The summed E-state index contributed by atoms with van der Waals surface area (Å²) in [5, 5.41) is 11.9. The number of Topliss-reactive ketones (excluding diaryl/α,β-unsaturated/α-hetero) is 1. The van der Waals surface area contributed by atoms with E-state index in [1.165, 1.54) is 10.6 Å². The molecule has 25 heavy (non-hydrogen) atoms. The first-order valence-electron chi connectivity index (χ1n) is 8.00. The van der Waals surface area contributed by atoms with Crippen molar-refractivity contribution in [2.75, 3.05) is 13.2 Å². The number of halogens is 1. The van der Waals surface area contributed by atoms with Gasteiger partial charge in [-0.1, -0.05) is 11.6 Å². The lowest BCUT2D eigenvalue weighted by atomic mass is 9.92. The van der Waals surface area contributed by atoms with Gasteiger partial charge in [0.25, 0.3) is 11.5 Å². The number of nitrogens with zero attached hydrogens (tertiary/aromatic N) is 1. The summed E-state index contributed by atoms with van der Waals surface area (Å²) >= 11 is 5.92. The minimum Gasteiger partial charge on any atom is -0.395 e. The van der Waals surface area contributed by atoms with Crippen LogP contribution < -0.4 is 10.9 Å². The number of nitrogens with one attached hydrogen (secondary N) is 1. The molecule has 2 aromatic rings. The molecule has 0 unspecified atom stereocenters. The van der Waals surface area contributed by atoms with Gasteiger partial charge in [-0.15, -0.1) is 0 Å². The topological polar surface area (TPSA) is 88.4 Å². The highest BCUT2D eigenvalue weighted by atomic mass is 35.5. The molecule has 0 spiro atoms. The lowest BCUT2D eigenvalue weighted by Gasteiger charge is -2.21. The van der Waals surface area contributed by atoms with Crippen LogP contribution >= 0.6 is 11.6 Å². The van der Waals surface area contributed by atoms with Crippen LogP contribution in [-0.4, -0.2) is 34.5 Å². The minimum atomic E-state index is -0.608. The Kier molecular flexibility index (Phi) is 5.01. The number of aliphatic hydroxyl groups excluding tert-OH is 1. The molecule has 0 aliphatic heterocycles. The molecule has 1 amide bonds. The van der Waals surface area contributed by atoms with Crippen LogP contribution in [0.25, 0.3) is 5.69 Å². The maximum atomic E-state index is 12.9. The Bertz CT molecular complexity index is 887. The number of benzene rings is 1. The van der Waals surface area contributed by atoms with Crippen molar-refractivity contribution in [2.24, 2.45) is 0 Å². The van der Waals surface area contributed by atoms with Crippen molar-refractivity contribution in [3.63, 3.8) is 0 Å². The van der Waals surface area contributed by atoms with Crippen molar-refractivity contribution in [1.82, 2.24) is 9.88 Å². The summed E-state index contributed by atoms with van der Waals surface area (Å²) in [7, 11) is 0. The molecule has 0 atom stereocenters. The number of amides is 1. The zero-order valence-electron chi connectivity index (χ0n) is 13.4. The lowest BCUT2D eigenvalue weighted by molar-refractivity contribution is 0.0943. The molecule has 7 heteroatoms. The van der Waals surface area contributed by atoms with Crippen molar-refractivity contribution < 1.29 is 14.7 Å². The fourth-order valence-electron chi connectivity index (χ4n) is 2.98. The van der Waals surface area contributed by atoms with Crippen molar-refractivity contribution in [1.29, 1.82) is 0 Å². The molecule has 0 radical (unpaired) electrons. The summed E-state index contributed by atoms with van der Waals surface area (Å²) < 4.78 is 1.41. The fraction of sp³-hybridized carbons (Fsp3) is 0.278. The second-order valence-electron chi connectivity index (χ2n) is 5.79. The molecule has 0 fully saturated rings. The number of fused-ring (bicyclic) bond motifs is 1. The van der Waals surface area contributed by atoms with Gasteiger partial charge in [0.15, 0.2) is 5.78 Å². The smallest absolute Gasteiger partial charge is 0.268 e. The molecule has 3 rings (SSSR count). The SMILES string of the molecule is O=C1CCCc2c1cc(C(=O)NCCO)c(=O)n2-c1ccc(Cl)cc1. The van der Waals surface area contributed by atoms with Crippen LogP contribution in [0, 0.1) is 0 Å². The van der Waals surface area contributed by atoms with Crippen LogP contribution in [0.15, 0.2) is 35.1 Å². The molecule has 0 saturated carbocycles. The van der Waals surface area contributed by atoms with Crippen molar-refractivity contribution >= 4 is 23.3 Å². The molecule has 1 aliphatic carbocycles. The predicted octanol–water partition coefficient (Wildman–Crippen LogP) is 1.73. The molecule has 2 N–H and O–H groups in total. The van der Waals surface area contributed by atoms with Crippen LogP contribution in [0.3, 0.4) is 0 Å². The first-order chi connectivity index (χ1) is 12.0. The third kappa shape index (κ3) is 3.36. The third-order valence-electron chi connectivity index (χ3n) is 4.15. The van der Waals surface area contributed by atoms with E-state index < -0.39 is 11.5 Å². The highest BCUT2D eigenvalue weighted by molar-refractivity contribution is 6.30. The molecule has 1 heterocycles. The zero-order chi connectivity index (χ0) is 18.0. The van der Waals surface area contributed by atoms with E-state index in [4.69, 9.17) is 16.7 Å². The van der Waals surface area contributed by atoms with Crippen LogP contribution in [0.5, 0.6) is 0 Å². The zero-order valence-corrected chi connectivity index (χ0v) is 14.2. The summed E-state index contributed by atoms with van der Waals surface area (Å²) in [6.07, 6.45) is 1.63. The molecule has 1 aromatic heterocycles. The van der Waals surface area contributed by atoms with Gasteiger partial charge in [-0.2, -0.15) is 0 Å². The number of hydrogen-bond donors (Lipinski definition) is 2. The van der Waals surface area contributed by atoms with Gasteiger partial charge in [0, 0.05) is 34.9 Å². The first-order valence-corrected chi connectivity index (χ1v) is 8.38. The van der Waals surface area contributed by atoms with Crippen LogP contribution in [0.4, 0.5) is 0 Å². The molecule has 0 saturated heterocycles. The second-order valence-corrected chi connectivity index (χ2v) is 6.23. The number of aromatic nitrogens is 1. The first kappa shape index (κ1) is 17.4. The lowest BCUT2D eigenvalue weighted by Crippen LogP contribution is -2.36. The summed E-state index contributed by atoms with van der Waals surface area (Å²) in [5.74, 6) is -0.692. The van der Waals surface area contributed by atoms with Crippen molar-refractivity contribution in [2.45, 2.75) is 19.3 Å². The molecule has 6 nitrogen and oxygen atoms in total. The van der Waals surface area contributed by atoms with E-state index in [1.54, 1.807) is 24.3 Å². The summed E-state index contributed by atoms with van der Waals surface area (Å²) in [5.41, 5.74) is 0.956. The fourth-order valence-corrected chi connectivity index (χ4v) is 3.11.